The second-order valence-electron chi connectivity index (χ2n) is 5.38. The monoisotopic (exact) mass is 327 g/mol. The SMILES string of the molecule is CCc1nn(C)c(CC(=O)C2CCCCC2N)c1Br. The van der Waals surface area contributed by atoms with E-state index in [1.54, 1.807) is 0 Å². The number of rotatable bonds is 4. The van der Waals surface area contributed by atoms with Gasteiger partial charge in [-0.1, -0.05) is 19.8 Å². The van der Waals surface area contributed by atoms with Crippen molar-refractivity contribution in [3.05, 3.63) is 15.9 Å². The van der Waals surface area contributed by atoms with Gasteiger partial charge in [-0.2, -0.15) is 5.10 Å². The number of Topliss-reactive ketones (excluding diaryl/α,β-unsaturated/α-hetero) is 1. The second-order valence-corrected chi connectivity index (χ2v) is 6.18. The first-order valence-electron chi connectivity index (χ1n) is 7.03. The van der Waals surface area contributed by atoms with Gasteiger partial charge < -0.3 is 5.73 Å². The highest BCUT2D eigenvalue weighted by Crippen LogP contribution is 2.27. The van der Waals surface area contributed by atoms with E-state index >= 15 is 0 Å². The number of halogens is 1. The average molecular weight is 328 g/mol. The van der Waals surface area contributed by atoms with Gasteiger partial charge in [0.2, 0.25) is 0 Å². The lowest BCUT2D eigenvalue weighted by Crippen LogP contribution is -2.38. The molecule has 0 spiro atoms. The Balaban J connectivity index is 2.12. The maximum absolute atomic E-state index is 12.4. The highest BCUT2D eigenvalue weighted by atomic mass is 79.9. The first-order valence-corrected chi connectivity index (χ1v) is 7.82. The smallest absolute Gasteiger partial charge is 0.143 e. The summed E-state index contributed by atoms with van der Waals surface area (Å²) in [6.07, 6.45) is 5.49. The van der Waals surface area contributed by atoms with Crippen LogP contribution in [-0.4, -0.2) is 21.6 Å². The van der Waals surface area contributed by atoms with Gasteiger partial charge in [0.25, 0.3) is 0 Å². The zero-order chi connectivity index (χ0) is 14.0. The molecule has 0 radical (unpaired) electrons. The van der Waals surface area contributed by atoms with E-state index in [0.29, 0.717) is 6.42 Å². The maximum Gasteiger partial charge on any atom is 0.143 e. The lowest BCUT2D eigenvalue weighted by Gasteiger charge is -2.27. The molecule has 1 fully saturated rings. The molecular formula is C14H22BrN3O. The number of hydrogen-bond acceptors (Lipinski definition) is 3. The van der Waals surface area contributed by atoms with Gasteiger partial charge in [0.15, 0.2) is 0 Å². The summed E-state index contributed by atoms with van der Waals surface area (Å²) in [5.41, 5.74) is 8.07. The molecule has 1 aromatic heterocycles. The predicted octanol–water partition coefficient (Wildman–Crippen LogP) is 2.37. The lowest BCUT2D eigenvalue weighted by atomic mass is 9.81. The van der Waals surface area contributed by atoms with Crippen LogP contribution in [0.1, 0.15) is 44.0 Å². The normalized spacial score (nSPS) is 23.6. The molecule has 5 heteroatoms. The molecule has 1 aliphatic rings. The molecule has 106 valence electrons. The molecule has 1 heterocycles. The number of carbonyl (C=O) groups excluding carboxylic acids is 1. The van der Waals surface area contributed by atoms with Crippen LogP contribution in [0.15, 0.2) is 4.47 Å². The lowest BCUT2D eigenvalue weighted by molar-refractivity contribution is -0.123. The van der Waals surface area contributed by atoms with Crippen LogP contribution < -0.4 is 5.73 Å². The van der Waals surface area contributed by atoms with Gasteiger partial charge >= 0.3 is 0 Å². The van der Waals surface area contributed by atoms with Crippen LogP contribution in [-0.2, 0) is 24.7 Å². The number of carbonyl (C=O) groups is 1. The molecule has 1 saturated carbocycles. The van der Waals surface area contributed by atoms with Crippen molar-refractivity contribution in [2.45, 2.75) is 51.5 Å². The van der Waals surface area contributed by atoms with Gasteiger partial charge in [-0.3, -0.25) is 9.48 Å². The van der Waals surface area contributed by atoms with Crippen molar-refractivity contribution in [3.63, 3.8) is 0 Å². The zero-order valence-corrected chi connectivity index (χ0v) is 13.2. The fraction of sp³-hybridized carbons (Fsp3) is 0.714. The van der Waals surface area contributed by atoms with Crippen LogP contribution >= 0.6 is 15.9 Å². The quantitative estimate of drug-likeness (QED) is 0.923. The fourth-order valence-corrected chi connectivity index (χ4v) is 3.62. The molecule has 1 aromatic rings. The van der Waals surface area contributed by atoms with Crippen molar-refractivity contribution in [2.24, 2.45) is 18.7 Å². The molecule has 0 saturated heterocycles. The third kappa shape index (κ3) is 3.08. The highest BCUT2D eigenvalue weighted by Gasteiger charge is 2.29. The van der Waals surface area contributed by atoms with Crippen molar-refractivity contribution >= 4 is 21.7 Å². The van der Waals surface area contributed by atoms with E-state index in [-0.39, 0.29) is 17.7 Å². The van der Waals surface area contributed by atoms with Crippen molar-refractivity contribution in [1.29, 1.82) is 0 Å². The Morgan fingerprint density at radius 3 is 2.74 bits per heavy atom. The Hall–Kier alpha value is -0.680. The molecule has 0 aliphatic heterocycles. The van der Waals surface area contributed by atoms with E-state index < -0.39 is 0 Å². The molecule has 0 amide bonds. The molecule has 2 unspecified atom stereocenters. The topological polar surface area (TPSA) is 60.9 Å². The molecule has 1 aliphatic carbocycles. The van der Waals surface area contributed by atoms with Gasteiger partial charge in [-0.05, 0) is 35.2 Å². The minimum absolute atomic E-state index is 0.0284. The van der Waals surface area contributed by atoms with E-state index in [1.807, 2.05) is 11.7 Å². The Kier molecular flexibility index (Phi) is 4.79. The van der Waals surface area contributed by atoms with Crippen LogP contribution in [0.2, 0.25) is 0 Å². The summed E-state index contributed by atoms with van der Waals surface area (Å²) in [5.74, 6) is 0.291. The summed E-state index contributed by atoms with van der Waals surface area (Å²) in [7, 11) is 1.90. The third-order valence-corrected chi connectivity index (χ3v) is 4.99. The average Bonchev–Trinajstić information content (AvgIpc) is 2.66. The molecule has 0 aromatic carbocycles. The van der Waals surface area contributed by atoms with Gasteiger partial charge in [0.1, 0.15) is 5.78 Å². The van der Waals surface area contributed by atoms with Gasteiger partial charge in [0, 0.05) is 25.4 Å². The number of aryl methyl sites for hydroxylation is 2. The van der Waals surface area contributed by atoms with E-state index in [9.17, 15) is 4.79 Å². The molecule has 0 bridgehead atoms. The Morgan fingerprint density at radius 2 is 2.16 bits per heavy atom. The van der Waals surface area contributed by atoms with E-state index in [0.717, 1.165) is 48.0 Å². The zero-order valence-electron chi connectivity index (χ0n) is 11.7. The number of nitrogens with two attached hydrogens (primary N) is 1. The first-order chi connectivity index (χ1) is 9.04. The summed E-state index contributed by atoms with van der Waals surface area (Å²) >= 11 is 3.56. The number of hydrogen-bond donors (Lipinski definition) is 1. The Morgan fingerprint density at radius 1 is 1.47 bits per heavy atom. The van der Waals surface area contributed by atoms with E-state index in [1.165, 1.54) is 0 Å². The predicted molar refractivity (Wildman–Crippen MR) is 78.9 cm³/mol. The standard InChI is InChI=1S/C14H22BrN3O/c1-3-11-14(15)12(18(2)17-11)8-13(19)9-6-4-5-7-10(9)16/h9-10H,3-8,16H2,1-2H3. The van der Waals surface area contributed by atoms with Crippen molar-refractivity contribution in [2.75, 3.05) is 0 Å². The second kappa shape index (κ2) is 6.18. The fourth-order valence-electron chi connectivity index (χ4n) is 2.87. The van der Waals surface area contributed by atoms with E-state index in [2.05, 4.69) is 28.0 Å². The largest absolute Gasteiger partial charge is 0.327 e. The van der Waals surface area contributed by atoms with Gasteiger partial charge in [0.05, 0.1) is 15.9 Å². The van der Waals surface area contributed by atoms with Crippen LogP contribution in [0.5, 0.6) is 0 Å². The Labute approximate surface area is 122 Å². The summed E-state index contributed by atoms with van der Waals surface area (Å²) < 4.78 is 2.80. The van der Waals surface area contributed by atoms with Crippen molar-refractivity contribution < 1.29 is 4.79 Å². The molecule has 2 N–H and O–H groups in total. The van der Waals surface area contributed by atoms with Crippen LogP contribution in [0, 0.1) is 5.92 Å². The molecule has 19 heavy (non-hydrogen) atoms. The Bertz CT molecular complexity index is 470. The summed E-state index contributed by atoms with van der Waals surface area (Å²) in [6, 6.07) is 0.0406. The molecular weight excluding hydrogens is 306 g/mol. The number of ketones is 1. The highest BCUT2D eigenvalue weighted by molar-refractivity contribution is 9.10. The van der Waals surface area contributed by atoms with E-state index in [4.69, 9.17) is 5.73 Å². The third-order valence-electron chi connectivity index (χ3n) is 4.08. The van der Waals surface area contributed by atoms with Gasteiger partial charge in [-0.25, -0.2) is 0 Å². The van der Waals surface area contributed by atoms with Gasteiger partial charge in [-0.15, -0.1) is 0 Å². The number of aromatic nitrogens is 2. The molecule has 2 rings (SSSR count). The number of nitrogens with zero attached hydrogens (tertiary/aromatic N) is 2. The molecule has 4 nitrogen and oxygen atoms in total. The summed E-state index contributed by atoms with van der Waals surface area (Å²) in [6.45, 7) is 2.07. The minimum atomic E-state index is 0.0284. The summed E-state index contributed by atoms with van der Waals surface area (Å²) in [5, 5.41) is 4.43. The van der Waals surface area contributed by atoms with Crippen LogP contribution in [0.25, 0.3) is 0 Å². The molecule has 2 atom stereocenters. The summed E-state index contributed by atoms with van der Waals surface area (Å²) in [4.78, 5) is 12.4. The van der Waals surface area contributed by atoms with Crippen LogP contribution in [0.4, 0.5) is 0 Å². The van der Waals surface area contributed by atoms with Crippen molar-refractivity contribution in [3.8, 4) is 0 Å². The van der Waals surface area contributed by atoms with Crippen molar-refractivity contribution in [1.82, 2.24) is 9.78 Å². The minimum Gasteiger partial charge on any atom is -0.327 e. The van der Waals surface area contributed by atoms with Crippen LogP contribution in [0.3, 0.4) is 0 Å². The first kappa shape index (κ1) is 14.7. The maximum atomic E-state index is 12.4.